The first-order chi connectivity index (χ1) is 12.1. The fraction of sp³-hybridized carbons (Fsp3) is 0.429. The molecule has 1 aliphatic carbocycles. The number of rotatable bonds is 2. The average molecular weight is 334 g/mol. The van der Waals surface area contributed by atoms with Crippen LogP contribution in [0.2, 0.25) is 0 Å². The lowest BCUT2D eigenvalue weighted by Crippen LogP contribution is -2.32. The third-order valence-electron chi connectivity index (χ3n) is 5.17. The molecule has 0 atom stereocenters. The van der Waals surface area contributed by atoms with Crippen molar-refractivity contribution in [2.24, 2.45) is 0 Å². The molecular weight excluding hydrogens is 308 g/mol. The van der Waals surface area contributed by atoms with Crippen LogP contribution in [0.4, 0.5) is 0 Å². The Hall–Kier alpha value is -2.36. The summed E-state index contributed by atoms with van der Waals surface area (Å²) >= 11 is 0. The molecule has 0 N–H and O–H groups in total. The van der Waals surface area contributed by atoms with Gasteiger partial charge in [-0.1, -0.05) is 41.6 Å². The second-order valence-corrected chi connectivity index (χ2v) is 7.51. The van der Waals surface area contributed by atoms with Crippen LogP contribution < -0.4 is 0 Å². The molecular formula is C21H26N4. The van der Waals surface area contributed by atoms with Gasteiger partial charge in [-0.05, 0) is 46.1 Å². The first kappa shape index (κ1) is 16.1. The summed E-state index contributed by atoms with van der Waals surface area (Å²) in [5, 5.41) is 9.15. The Morgan fingerprint density at radius 1 is 1.04 bits per heavy atom. The van der Waals surface area contributed by atoms with E-state index >= 15 is 0 Å². The number of hydrogen-bond donors (Lipinski definition) is 0. The standard InChI is InChI=1S/C21H26N4/c1-14(2)24-13-16-9-5-6-10-17(16)21-20(22-23-25(21)15(3)4)18-11-7-8-12-19(18)24/h5-7,9-11,14-15H,8,12-13H2,1-4H3. The fourth-order valence-electron chi connectivity index (χ4n) is 3.92. The number of nitrogens with zero attached hydrogens (tertiary/aromatic N) is 4. The minimum atomic E-state index is 0.279. The van der Waals surface area contributed by atoms with Crippen molar-refractivity contribution in [3.05, 3.63) is 53.4 Å². The molecule has 0 amide bonds. The van der Waals surface area contributed by atoms with Crippen molar-refractivity contribution < 1.29 is 0 Å². The van der Waals surface area contributed by atoms with E-state index in [1.54, 1.807) is 0 Å². The molecule has 0 saturated heterocycles. The number of benzene rings is 1. The highest BCUT2D eigenvalue weighted by Gasteiger charge is 2.29. The zero-order chi connectivity index (χ0) is 17.6. The second-order valence-electron chi connectivity index (χ2n) is 7.51. The Balaban J connectivity index is 2.05. The van der Waals surface area contributed by atoms with E-state index in [1.165, 1.54) is 22.4 Å². The molecule has 0 spiro atoms. The topological polar surface area (TPSA) is 34.0 Å². The number of fused-ring (bicyclic) bond motifs is 4. The van der Waals surface area contributed by atoms with Crippen molar-refractivity contribution in [2.45, 2.75) is 59.2 Å². The molecule has 0 unspecified atom stereocenters. The van der Waals surface area contributed by atoms with Crippen LogP contribution in [0.3, 0.4) is 0 Å². The maximum Gasteiger partial charge on any atom is 0.122 e. The van der Waals surface area contributed by atoms with Gasteiger partial charge >= 0.3 is 0 Å². The lowest BCUT2D eigenvalue weighted by atomic mass is 9.91. The summed E-state index contributed by atoms with van der Waals surface area (Å²) in [6.45, 7) is 9.83. The van der Waals surface area contributed by atoms with Crippen LogP contribution in [-0.4, -0.2) is 25.9 Å². The summed E-state index contributed by atoms with van der Waals surface area (Å²) < 4.78 is 2.08. The number of aromatic nitrogens is 3. The number of hydrogen-bond acceptors (Lipinski definition) is 3. The zero-order valence-electron chi connectivity index (χ0n) is 15.5. The van der Waals surface area contributed by atoms with Crippen molar-refractivity contribution >= 4 is 5.57 Å². The van der Waals surface area contributed by atoms with Crippen LogP contribution in [0.25, 0.3) is 16.8 Å². The van der Waals surface area contributed by atoms with Gasteiger partial charge in [0.1, 0.15) is 5.69 Å². The van der Waals surface area contributed by atoms with E-state index in [0.717, 1.165) is 30.8 Å². The van der Waals surface area contributed by atoms with Gasteiger partial charge in [-0.3, -0.25) is 0 Å². The predicted octanol–water partition coefficient (Wildman–Crippen LogP) is 4.81. The Kier molecular flexibility index (Phi) is 3.98. The van der Waals surface area contributed by atoms with Crippen LogP contribution in [-0.2, 0) is 6.54 Å². The van der Waals surface area contributed by atoms with Crippen molar-refractivity contribution in [2.75, 3.05) is 0 Å². The van der Waals surface area contributed by atoms with E-state index in [4.69, 9.17) is 0 Å². The molecule has 130 valence electrons. The van der Waals surface area contributed by atoms with E-state index in [0.29, 0.717) is 6.04 Å². The SMILES string of the molecule is CC(C)N1Cc2ccccc2-c2c(nnn2C(C)C)C2=C1CCC=C2. The van der Waals surface area contributed by atoms with Crippen molar-refractivity contribution in [3.8, 4) is 11.3 Å². The first-order valence-corrected chi connectivity index (χ1v) is 9.28. The molecule has 2 aromatic rings. The lowest BCUT2D eigenvalue weighted by molar-refractivity contribution is 0.267. The zero-order valence-corrected chi connectivity index (χ0v) is 15.5. The monoisotopic (exact) mass is 334 g/mol. The highest BCUT2D eigenvalue weighted by Crippen LogP contribution is 2.40. The van der Waals surface area contributed by atoms with Crippen LogP contribution in [0.15, 0.2) is 42.1 Å². The quantitative estimate of drug-likeness (QED) is 0.790. The van der Waals surface area contributed by atoms with Gasteiger partial charge in [0.2, 0.25) is 0 Å². The molecule has 1 aromatic carbocycles. The molecule has 4 nitrogen and oxygen atoms in total. The molecule has 1 aliphatic heterocycles. The van der Waals surface area contributed by atoms with Crippen LogP contribution in [0.1, 0.15) is 57.8 Å². The Labute approximate surface area is 149 Å². The largest absolute Gasteiger partial charge is 0.367 e. The number of allylic oxidation sites excluding steroid dienone is 4. The molecule has 0 radical (unpaired) electrons. The summed E-state index contributed by atoms with van der Waals surface area (Å²) in [7, 11) is 0. The molecule has 2 heterocycles. The molecule has 0 saturated carbocycles. The highest BCUT2D eigenvalue weighted by atomic mass is 15.4. The molecule has 0 bridgehead atoms. The van der Waals surface area contributed by atoms with Gasteiger partial charge < -0.3 is 4.90 Å². The third-order valence-corrected chi connectivity index (χ3v) is 5.17. The van der Waals surface area contributed by atoms with E-state index in [1.807, 2.05) is 0 Å². The Bertz CT molecular complexity index is 855. The van der Waals surface area contributed by atoms with Gasteiger partial charge in [0.25, 0.3) is 0 Å². The van der Waals surface area contributed by atoms with E-state index in [2.05, 4.69) is 84.0 Å². The Morgan fingerprint density at radius 2 is 1.84 bits per heavy atom. The van der Waals surface area contributed by atoms with Gasteiger partial charge in [-0.2, -0.15) is 0 Å². The molecule has 4 rings (SSSR count). The van der Waals surface area contributed by atoms with E-state index in [9.17, 15) is 0 Å². The summed E-state index contributed by atoms with van der Waals surface area (Å²) in [4.78, 5) is 2.54. The average Bonchev–Trinajstić information content (AvgIpc) is 3.03. The highest BCUT2D eigenvalue weighted by molar-refractivity contribution is 5.85. The third kappa shape index (κ3) is 2.60. The Morgan fingerprint density at radius 3 is 2.60 bits per heavy atom. The molecule has 4 heteroatoms. The summed E-state index contributed by atoms with van der Waals surface area (Å²) in [6, 6.07) is 9.45. The van der Waals surface area contributed by atoms with E-state index < -0.39 is 0 Å². The summed E-state index contributed by atoms with van der Waals surface area (Å²) in [5.74, 6) is 0. The van der Waals surface area contributed by atoms with Gasteiger partial charge in [-0.25, -0.2) is 4.68 Å². The normalized spacial score (nSPS) is 16.6. The minimum Gasteiger partial charge on any atom is -0.367 e. The maximum atomic E-state index is 4.63. The smallest absolute Gasteiger partial charge is 0.122 e. The minimum absolute atomic E-state index is 0.279. The van der Waals surface area contributed by atoms with Gasteiger partial charge in [-0.15, -0.1) is 5.10 Å². The lowest BCUT2D eigenvalue weighted by Gasteiger charge is -2.36. The van der Waals surface area contributed by atoms with Crippen LogP contribution in [0.5, 0.6) is 0 Å². The van der Waals surface area contributed by atoms with Gasteiger partial charge in [0.05, 0.1) is 5.69 Å². The van der Waals surface area contributed by atoms with Crippen molar-refractivity contribution in [3.63, 3.8) is 0 Å². The maximum absolute atomic E-state index is 4.63. The fourth-order valence-corrected chi connectivity index (χ4v) is 3.92. The predicted molar refractivity (Wildman–Crippen MR) is 102 cm³/mol. The van der Waals surface area contributed by atoms with Crippen LogP contribution >= 0.6 is 0 Å². The van der Waals surface area contributed by atoms with Gasteiger partial charge in [0, 0.05) is 35.5 Å². The van der Waals surface area contributed by atoms with E-state index in [-0.39, 0.29) is 6.04 Å². The van der Waals surface area contributed by atoms with Crippen LogP contribution in [0, 0.1) is 0 Å². The molecule has 1 aromatic heterocycles. The molecule has 0 fully saturated rings. The first-order valence-electron chi connectivity index (χ1n) is 9.28. The summed E-state index contributed by atoms with van der Waals surface area (Å²) in [5.41, 5.74) is 7.45. The van der Waals surface area contributed by atoms with Crippen molar-refractivity contribution in [1.29, 1.82) is 0 Å². The second kappa shape index (κ2) is 6.17. The summed E-state index contributed by atoms with van der Waals surface area (Å²) in [6.07, 6.45) is 6.68. The van der Waals surface area contributed by atoms with Gasteiger partial charge in [0.15, 0.2) is 0 Å². The van der Waals surface area contributed by atoms with Crippen molar-refractivity contribution in [1.82, 2.24) is 19.9 Å². The molecule has 2 aliphatic rings. The molecule has 25 heavy (non-hydrogen) atoms.